The van der Waals surface area contributed by atoms with Gasteiger partial charge in [-0.2, -0.15) is 4.31 Å². The first kappa shape index (κ1) is 18.2. The van der Waals surface area contributed by atoms with Gasteiger partial charge in [0.05, 0.1) is 4.34 Å². The standard InChI is InChI=1S/C15H16ClN3O4S2/c16-13-5-6-14(24-13)25(22,23)19-9-7-18(8-10-19)12-3-1-11(2-4-12)15(20)17-21/h1-6,21H,7-10H2,(H,17,20). The summed E-state index contributed by atoms with van der Waals surface area (Å²) < 4.78 is 27.3. The summed E-state index contributed by atoms with van der Waals surface area (Å²) in [4.78, 5) is 13.4. The van der Waals surface area contributed by atoms with Crippen molar-refractivity contribution in [1.29, 1.82) is 0 Å². The van der Waals surface area contributed by atoms with Gasteiger partial charge in [0.2, 0.25) is 0 Å². The predicted molar refractivity (Wildman–Crippen MR) is 96.0 cm³/mol. The van der Waals surface area contributed by atoms with Crippen molar-refractivity contribution < 1.29 is 18.4 Å². The largest absolute Gasteiger partial charge is 0.369 e. The van der Waals surface area contributed by atoms with Crippen LogP contribution in [0.2, 0.25) is 4.34 Å². The third-order valence-electron chi connectivity index (χ3n) is 3.98. The van der Waals surface area contributed by atoms with Gasteiger partial charge in [-0.15, -0.1) is 11.3 Å². The van der Waals surface area contributed by atoms with Gasteiger partial charge in [0.15, 0.2) is 0 Å². The summed E-state index contributed by atoms with van der Waals surface area (Å²) in [5.41, 5.74) is 2.83. The zero-order valence-electron chi connectivity index (χ0n) is 13.1. The molecule has 1 amide bonds. The number of hydrogen-bond donors (Lipinski definition) is 2. The Morgan fingerprint density at radius 1 is 1.08 bits per heavy atom. The number of nitrogens with one attached hydrogen (secondary N) is 1. The summed E-state index contributed by atoms with van der Waals surface area (Å²) in [6.45, 7) is 1.83. The topological polar surface area (TPSA) is 89.9 Å². The number of carbonyl (C=O) groups is 1. The molecule has 1 fully saturated rings. The Morgan fingerprint density at radius 2 is 1.72 bits per heavy atom. The van der Waals surface area contributed by atoms with Gasteiger partial charge in [0.25, 0.3) is 15.9 Å². The van der Waals surface area contributed by atoms with Crippen LogP contribution >= 0.6 is 22.9 Å². The van der Waals surface area contributed by atoms with E-state index in [9.17, 15) is 13.2 Å². The average Bonchev–Trinajstić information content (AvgIpc) is 3.08. The summed E-state index contributed by atoms with van der Waals surface area (Å²) in [6.07, 6.45) is 0. The van der Waals surface area contributed by atoms with Gasteiger partial charge < -0.3 is 4.90 Å². The van der Waals surface area contributed by atoms with Crippen molar-refractivity contribution in [3.63, 3.8) is 0 Å². The van der Waals surface area contributed by atoms with Gasteiger partial charge in [-0.1, -0.05) is 11.6 Å². The molecule has 0 aliphatic carbocycles. The number of amides is 1. The number of halogens is 1. The minimum absolute atomic E-state index is 0.255. The predicted octanol–water partition coefficient (Wildman–Crippen LogP) is 2.03. The number of hydroxylamine groups is 1. The molecule has 1 aliphatic heterocycles. The highest BCUT2D eigenvalue weighted by atomic mass is 35.5. The first-order chi connectivity index (χ1) is 11.9. The maximum atomic E-state index is 12.6. The Labute approximate surface area is 154 Å². The molecule has 134 valence electrons. The number of piperazine rings is 1. The molecule has 25 heavy (non-hydrogen) atoms. The van der Waals surface area contributed by atoms with Crippen LogP contribution in [0, 0.1) is 0 Å². The highest BCUT2D eigenvalue weighted by Gasteiger charge is 2.29. The molecule has 2 N–H and O–H groups in total. The van der Waals surface area contributed by atoms with Gasteiger partial charge >= 0.3 is 0 Å². The van der Waals surface area contributed by atoms with E-state index >= 15 is 0 Å². The van der Waals surface area contributed by atoms with Crippen molar-refractivity contribution in [2.24, 2.45) is 0 Å². The van der Waals surface area contributed by atoms with Gasteiger partial charge in [0.1, 0.15) is 4.21 Å². The van der Waals surface area contributed by atoms with E-state index < -0.39 is 15.9 Å². The number of anilines is 1. The lowest BCUT2D eigenvalue weighted by Gasteiger charge is -2.35. The normalized spacial score (nSPS) is 16.0. The van der Waals surface area contributed by atoms with E-state index in [1.165, 1.54) is 10.4 Å². The fourth-order valence-corrected chi connectivity index (χ4v) is 5.70. The van der Waals surface area contributed by atoms with E-state index in [0.717, 1.165) is 17.0 Å². The van der Waals surface area contributed by atoms with Gasteiger partial charge in [0, 0.05) is 37.4 Å². The molecule has 10 heteroatoms. The zero-order valence-corrected chi connectivity index (χ0v) is 15.4. The Balaban J connectivity index is 1.66. The zero-order chi connectivity index (χ0) is 18.0. The number of nitrogens with zero attached hydrogens (tertiary/aromatic N) is 2. The SMILES string of the molecule is O=C(NO)c1ccc(N2CCN(S(=O)(=O)c3ccc(Cl)s3)CC2)cc1. The highest BCUT2D eigenvalue weighted by Crippen LogP contribution is 2.29. The number of benzene rings is 1. The molecule has 0 unspecified atom stereocenters. The van der Waals surface area contributed by atoms with Gasteiger partial charge in [-0.05, 0) is 36.4 Å². The van der Waals surface area contributed by atoms with Crippen LogP contribution in [-0.4, -0.2) is 50.0 Å². The van der Waals surface area contributed by atoms with Crippen molar-refractivity contribution in [2.45, 2.75) is 4.21 Å². The number of hydrogen-bond acceptors (Lipinski definition) is 6. The van der Waals surface area contributed by atoms with Crippen molar-refractivity contribution in [3.05, 3.63) is 46.3 Å². The molecular weight excluding hydrogens is 386 g/mol. The number of carbonyl (C=O) groups excluding carboxylic acids is 1. The van der Waals surface area contributed by atoms with E-state index in [1.807, 2.05) is 4.90 Å². The van der Waals surface area contributed by atoms with Crippen LogP contribution in [0.3, 0.4) is 0 Å². The molecule has 3 rings (SSSR count). The minimum atomic E-state index is -3.51. The van der Waals surface area contributed by atoms with Crippen molar-refractivity contribution in [1.82, 2.24) is 9.79 Å². The molecule has 0 bridgehead atoms. The minimum Gasteiger partial charge on any atom is -0.369 e. The van der Waals surface area contributed by atoms with Crippen LogP contribution in [0.25, 0.3) is 0 Å². The highest BCUT2D eigenvalue weighted by molar-refractivity contribution is 7.91. The lowest BCUT2D eigenvalue weighted by Crippen LogP contribution is -2.48. The Hall–Kier alpha value is -1.65. The Morgan fingerprint density at radius 3 is 2.24 bits per heavy atom. The molecule has 2 heterocycles. The van der Waals surface area contributed by atoms with Crippen LogP contribution in [0.4, 0.5) is 5.69 Å². The van der Waals surface area contributed by atoms with E-state index in [1.54, 1.807) is 35.8 Å². The first-order valence-corrected chi connectivity index (χ1v) is 10.1. The molecule has 1 saturated heterocycles. The van der Waals surface area contributed by atoms with E-state index in [0.29, 0.717) is 36.1 Å². The van der Waals surface area contributed by atoms with E-state index in [2.05, 4.69) is 0 Å². The molecule has 1 aliphatic rings. The Kier molecular flexibility index (Phi) is 5.30. The molecular formula is C15H16ClN3O4S2. The van der Waals surface area contributed by atoms with E-state index in [-0.39, 0.29) is 4.21 Å². The molecule has 7 nitrogen and oxygen atoms in total. The molecule has 0 radical (unpaired) electrons. The molecule has 1 aromatic heterocycles. The average molecular weight is 402 g/mol. The van der Waals surface area contributed by atoms with Crippen molar-refractivity contribution in [3.8, 4) is 0 Å². The third kappa shape index (κ3) is 3.80. The fourth-order valence-electron chi connectivity index (χ4n) is 2.64. The quantitative estimate of drug-likeness (QED) is 0.604. The summed E-state index contributed by atoms with van der Waals surface area (Å²) in [7, 11) is -3.51. The monoisotopic (exact) mass is 401 g/mol. The summed E-state index contributed by atoms with van der Waals surface area (Å²) in [6, 6.07) is 9.87. The fraction of sp³-hybridized carbons (Fsp3) is 0.267. The summed E-state index contributed by atoms with van der Waals surface area (Å²) in [5.74, 6) is -0.572. The maximum absolute atomic E-state index is 12.6. The smallest absolute Gasteiger partial charge is 0.274 e. The molecule has 0 spiro atoms. The molecule has 0 saturated carbocycles. The van der Waals surface area contributed by atoms with Gasteiger partial charge in [-0.25, -0.2) is 13.9 Å². The molecule has 1 aromatic carbocycles. The lowest BCUT2D eigenvalue weighted by atomic mass is 10.2. The lowest BCUT2D eigenvalue weighted by molar-refractivity contribution is 0.0706. The third-order valence-corrected chi connectivity index (χ3v) is 7.57. The second-order valence-electron chi connectivity index (χ2n) is 5.44. The summed E-state index contributed by atoms with van der Waals surface area (Å²) in [5, 5.41) is 8.63. The second-order valence-corrected chi connectivity index (χ2v) is 9.32. The van der Waals surface area contributed by atoms with Crippen LogP contribution < -0.4 is 10.4 Å². The number of thiophene rings is 1. The van der Waals surface area contributed by atoms with Crippen molar-refractivity contribution in [2.75, 3.05) is 31.1 Å². The van der Waals surface area contributed by atoms with Crippen LogP contribution in [0.5, 0.6) is 0 Å². The number of rotatable bonds is 4. The van der Waals surface area contributed by atoms with Crippen LogP contribution in [-0.2, 0) is 10.0 Å². The second kappa shape index (κ2) is 7.30. The van der Waals surface area contributed by atoms with Crippen LogP contribution in [0.1, 0.15) is 10.4 Å². The van der Waals surface area contributed by atoms with E-state index in [4.69, 9.17) is 16.8 Å². The maximum Gasteiger partial charge on any atom is 0.274 e. The first-order valence-electron chi connectivity index (χ1n) is 7.47. The molecule has 2 aromatic rings. The van der Waals surface area contributed by atoms with Crippen molar-refractivity contribution >= 4 is 44.6 Å². The number of sulfonamides is 1. The molecule has 0 atom stereocenters. The van der Waals surface area contributed by atoms with Crippen LogP contribution in [0.15, 0.2) is 40.6 Å². The van der Waals surface area contributed by atoms with Gasteiger partial charge in [-0.3, -0.25) is 10.0 Å². The summed E-state index contributed by atoms with van der Waals surface area (Å²) >= 11 is 6.89. The Bertz CT molecular complexity index is 859.